The number of pyridine rings is 1. The van der Waals surface area contributed by atoms with Crippen molar-refractivity contribution < 1.29 is 23.8 Å². The molecule has 10 heteroatoms. The highest BCUT2D eigenvalue weighted by Gasteiger charge is 2.29. The summed E-state index contributed by atoms with van der Waals surface area (Å²) in [5.74, 6) is -1.75. The van der Waals surface area contributed by atoms with Gasteiger partial charge in [0.05, 0.1) is 11.8 Å². The summed E-state index contributed by atoms with van der Waals surface area (Å²) in [6.07, 6.45) is 6.87. The van der Waals surface area contributed by atoms with E-state index in [2.05, 4.69) is 15.4 Å². The quantitative estimate of drug-likeness (QED) is 0.514. The number of carbonyl (C=O) groups excluding carboxylic acids is 1. The van der Waals surface area contributed by atoms with Gasteiger partial charge in [0.25, 0.3) is 11.5 Å². The van der Waals surface area contributed by atoms with E-state index in [1.54, 1.807) is 6.07 Å². The van der Waals surface area contributed by atoms with Crippen LogP contribution in [0, 0.1) is 11.7 Å². The van der Waals surface area contributed by atoms with Gasteiger partial charge in [-0.15, -0.1) is 0 Å². The molecule has 9 nitrogen and oxygen atoms in total. The Bertz CT molecular complexity index is 1240. The summed E-state index contributed by atoms with van der Waals surface area (Å²) < 4.78 is 20.4. The molecule has 0 unspecified atom stereocenters. The van der Waals surface area contributed by atoms with Gasteiger partial charge in [-0.2, -0.15) is 5.10 Å². The van der Waals surface area contributed by atoms with E-state index in [1.807, 2.05) is 0 Å². The molecule has 0 saturated heterocycles. The van der Waals surface area contributed by atoms with Crippen LogP contribution in [0.4, 0.5) is 10.2 Å². The van der Waals surface area contributed by atoms with Gasteiger partial charge >= 0.3 is 5.97 Å². The van der Waals surface area contributed by atoms with Crippen LogP contribution < -0.4 is 15.6 Å². The number of aromatic nitrogens is 3. The molecule has 1 aliphatic rings. The van der Waals surface area contributed by atoms with E-state index in [4.69, 9.17) is 9.84 Å². The van der Waals surface area contributed by atoms with Crippen molar-refractivity contribution in [2.75, 3.05) is 5.32 Å². The summed E-state index contributed by atoms with van der Waals surface area (Å²) in [5.41, 5.74) is -0.579. The third-order valence-corrected chi connectivity index (χ3v) is 5.76. The summed E-state index contributed by atoms with van der Waals surface area (Å²) in [6.45, 7) is 0. The SMILES string of the molecule is O=C(O)c1ccc(NC(=O)[C@H](CC2CCCC2)n2ncc(Oc3ccccc3F)cc2=O)nc1. The second-order valence-corrected chi connectivity index (χ2v) is 8.14. The Kier molecular flexibility index (Phi) is 6.95. The molecule has 34 heavy (non-hydrogen) atoms. The molecule has 2 aromatic heterocycles. The summed E-state index contributed by atoms with van der Waals surface area (Å²) in [4.78, 5) is 41.0. The molecule has 2 N–H and O–H groups in total. The average Bonchev–Trinajstić information content (AvgIpc) is 3.33. The number of nitrogens with one attached hydrogen (secondary N) is 1. The maximum Gasteiger partial charge on any atom is 0.337 e. The normalized spacial score (nSPS) is 14.5. The number of amides is 1. The van der Waals surface area contributed by atoms with Gasteiger partial charge in [0.1, 0.15) is 11.9 Å². The van der Waals surface area contributed by atoms with Crippen molar-refractivity contribution in [2.24, 2.45) is 5.92 Å². The van der Waals surface area contributed by atoms with Crippen LogP contribution in [0.3, 0.4) is 0 Å². The number of halogens is 1. The minimum Gasteiger partial charge on any atom is -0.478 e. The van der Waals surface area contributed by atoms with E-state index in [0.717, 1.165) is 42.6 Å². The number of carboxylic acids is 1. The van der Waals surface area contributed by atoms with Crippen LogP contribution in [0.5, 0.6) is 11.5 Å². The highest BCUT2D eigenvalue weighted by Crippen LogP contribution is 2.32. The number of carboxylic acid groups (broad SMARTS) is 1. The fraction of sp³-hybridized carbons (Fsp3) is 0.292. The Morgan fingerprint density at radius 2 is 1.94 bits per heavy atom. The number of hydrogen-bond acceptors (Lipinski definition) is 6. The van der Waals surface area contributed by atoms with Crippen LogP contribution in [0.15, 0.2) is 59.7 Å². The first-order chi connectivity index (χ1) is 16.4. The second kappa shape index (κ2) is 10.2. The van der Waals surface area contributed by atoms with Crippen molar-refractivity contribution in [3.63, 3.8) is 0 Å². The molecule has 4 rings (SSSR count). The maximum absolute atomic E-state index is 13.9. The largest absolute Gasteiger partial charge is 0.478 e. The first-order valence-corrected chi connectivity index (χ1v) is 10.9. The first kappa shape index (κ1) is 23.1. The molecular weight excluding hydrogens is 443 g/mol. The van der Waals surface area contributed by atoms with Crippen molar-refractivity contribution in [2.45, 2.75) is 38.1 Å². The zero-order chi connectivity index (χ0) is 24.1. The summed E-state index contributed by atoms with van der Waals surface area (Å²) >= 11 is 0. The fourth-order valence-corrected chi connectivity index (χ4v) is 4.03. The number of ether oxygens (including phenoxy) is 1. The van der Waals surface area contributed by atoms with Gasteiger partial charge in [0.15, 0.2) is 17.3 Å². The highest BCUT2D eigenvalue weighted by atomic mass is 19.1. The number of hydrogen-bond donors (Lipinski definition) is 2. The molecule has 1 amide bonds. The standard InChI is InChI=1S/C24H23FN4O5/c25-18-7-3-4-8-20(18)34-17-12-22(30)29(27-14-17)19(11-15-5-1-2-6-15)23(31)28-21-10-9-16(13-26-21)24(32)33/h3-4,7-10,12-15,19H,1-2,5-6,11H2,(H,32,33)(H,26,28,31)/t19-/m0/s1. The van der Waals surface area contributed by atoms with Crippen LogP contribution in [0.25, 0.3) is 0 Å². The molecule has 1 aliphatic carbocycles. The van der Waals surface area contributed by atoms with Gasteiger partial charge in [0, 0.05) is 12.3 Å². The predicted octanol–water partition coefficient (Wildman–Crippen LogP) is 4.03. The zero-order valence-corrected chi connectivity index (χ0v) is 18.2. The lowest BCUT2D eigenvalue weighted by Crippen LogP contribution is -2.36. The average molecular weight is 466 g/mol. The van der Waals surface area contributed by atoms with Gasteiger partial charge in [-0.05, 0) is 36.6 Å². The fourth-order valence-electron chi connectivity index (χ4n) is 4.03. The number of para-hydroxylation sites is 1. The van der Waals surface area contributed by atoms with Crippen LogP contribution in [0.2, 0.25) is 0 Å². The third-order valence-electron chi connectivity index (χ3n) is 5.76. The van der Waals surface area contributed by atoms with Crippen molar-refractivity contribution in [3.05, 3.63) is 76.6 Å². The van der Waals surface area contributed by atoms with Crippen LogP contribution in [-0.4, -0.2) is 31.7 Å². The second-order valence-electron chi connectivity index (χ2n) is 8.14. The molecule has 1 fully saturated rings. The monoisotopic (exact) mass is 466 g/mol. The number of aromatic carboxylic acids is 1. The molecule has 0 spiro atoms. The van der Waals surface area contributed by atoms with Gasteiger partial charge in [-0.3, -0.25) is 9.59 Å². The molecule has 0 radical (unpaired) electrons. The minimum absolute atomic E-state index is 0.0103. The van der Waals surface area contributed by atoms with E-state index in [-0.39, 0.29) is 28.8 Å². The smallest absolute Gasteiger partial charge is 0.337 e. The Balaban J connectivity index is 1.57. The minimum atomic E-state index is -1.13. The van der Waals surface area contributed by atoms with E-state index >= 15 is 0 Å². The van der Waals surface area contributed by atoms with Crippen molar-refractivity contribution in [1.82, 2.24) is 14.8 Å². The Morgan fingerprint density at radius 1 is 1.18 bits per heavy atom. The topological polar surface area (TPSA) is 123 Å². The first-order valence-electron chi connectivity index (χ1n) is 10.9. The summed E-state index contributed by atoms with van der Waals surface area (Å²) in [7, 11) is 0. The van der Waals surface area contributed by atoms with Gasteiger partial charge in [0.2, 0.25) is 0 Å². The van der Waals surface area contributed by atoms with Crippen LogP contribution in [0.1, 0.15) is 48.5 Å². The van der Waals surface area contributed by atoms with E-state index < -0.39 is 29.3 Å². The van der Waals surface area contributed by atoms with Crippen molar-refractivity contribution in [1.29, 1.82) is 0 Å². The number of carbonyl (C=O) groups is 2. The maximum atomic E-state index is 13.9. The van der Waals surface area contributed by atoms with Crippen LogP contribution in [-0.2, 0) is 4.79 Å². The highest BCUT2D eigenvalue weighted by molar-refractivity contribution is 5.93. The number of rotatable bonds is 8. The van der Waals surface area contributed by atoms with Gasteiger partial charge in [-0.25, -0.2) is 18.9 Å². The summed E-state index contributed by atoms with van der Waals surface area (Å²) in [5, 5.41) is 15.8. The Morgan fingerprint density at radius 3 is 2.59 bits per heavy atom. The third kappa shape index (κ3) is 5.45. The number of benzene rings is 1. The predicted molar refractivity (Wildman–Crippen MR) is 120 cm³/mol. The number of nitrogens with zero attached hydrogens (tertiary/aromatic N) is 3. The van der Waals surface area contributed by atoms with Gasteiger partial charge < -0.3 is 15.2 Å². The molecule has 1 saturated carbocycles. The molecule has 1 aromatic carbocycles. The van der Waals surface area contributed by atoms with Gasteiger partial charge in [-0.1, -0.05) is 37.8 Å². The molecule has 2 heterocycles. The van der Waals surface area contributed by atoms with E-state index in [1.165, 1.54) is 36.5 Å². The van der Waals surface area contributed by atoms with Crippen LogP contribution >= 0.6 is 0 Å². The van der Waals surface area contributed by atoms with Crippen molar-refractivity contribution >= 4 is 17.7 Å². The molecular formula is C24H23FN4O5. The molecule has 176 valence electrons. The molecule has 3 aromatic rings. The van der Waals surface area contributed by atoms with Crippen molar-refractivity contribution in [3.8, 4) is 11.5 Å². The summed E-state index contributed by atoms with van der Waals surface area (Å²) in [6, 6.07) is 8.77. The lowest BCUT2D eigenvalue weighted by atomic mass is 9.98. The lowest BCUT2D eigenvalue weighted by molar-refractivity contribution is -0.120. The zero-order valence-electron chi connectivity index (χ0n) is 18.2. The Hall–Kier alpha value is -4.08. The van der Waals surface area contributed by atoms with E-state index in [9.17, 15) is 18.8 Å². The molecule has 0 aliphatic heterocycles. The Labute approximate surface area is 194 Å². The lowest BCUT2D eigenvalue weighted by Gasteiger charge is -2.21. The molecule has 0 bridgehead atoms. The van der Waals surface area contributed by atoms with E-state index in [0.29, 0.717) is 6.42 Å². The number of anilines is 1. The molecule has 1 atom stereocenters.